The van der Waals surface area contributed by atoms with Gasteiger partial charge in [0.25, 0.3) is 5.91 Å². The molecule has 0 aliphatic carbocycles. The molecule has 3 nitrogen and oxygen atoms in total. The number of carbonyl (C=O) groups is 1. The molecule has 0 saturated heterocycles. The van der Waals surface area contributed by atoms with Crippen molar-refractivity contribution in [3.63, 3.8) is 0 Å². The van der Waals surface area contributed by atoms with E-state index in [0.717, 1.165) is 29.7 Å². The summed E-state index contributed by atoms with van der Waals surface area (Å²) in [5, 5.41) is 4.85. The van der Waals surface area contributed by atoms with E-state index in [0.29, 0.717) is 4.88 Å². The second-order valence-corrected chi connectivity index (χ2v) is 7.82. The van der Waals surface area contributed by atoms with E-state index in [-0.39, 0.29) is 5.91 Å². The maximum atomic E-state index is 12.3. The van der Waals surface area contributed by atoms with Crippen molar-refractivity contribution in [2.45, 2.75) is 13.0 Å². The van der Waals surface area contributed by atoms with Gasteiger partial charge in [0.1, 0.15) is 4.88 Å². The number of fused-ring (bicyclic) bond motifs is 1. The van der Waals surface area contributed by atoms with Gasteiger partial charge in [-0.3, -0.25) is 4.79 Å². The first kappa shape index (κ1) is 16.4. The first-order valence-electron chi connectivity index (χ1n) is 8.17. The third-order valence-electron chi connectivity index (χ3n) is 4.39. The number of benzene rings is 2. The number of halogens is 1. The molecule has 3 aromatic rings. The van der Waals surface area contributed by atoms with Gasteiger partial charge in [-0.2, -0.15) is 0 Å². The van der Waals surface area contributed by atoms with Gasteiger partial charge in [0, 0.05) is 28.9 Å². The number of nitrogens with zero attached hydrogens (tertiary/aromatic N) is 1. The van der Waals surface area contributed by atoms with Crippen molar-refractivity contribution >= 4 is 44.5 Å². The Labute approximate surface area is 159 Å². The molecule has 1 aliphatic rings. The van der Waals surface area contributed by atoms with Crippen molar-refractivity contribution in [1.29, 1.82) is 0 Å². The first-order chi connectivity index (χ1) is 12.2. The maximum Gasteiger partial charge on any atom is 0.266 e. The summed E-state index contributed by atoms with van der Waals surface area (Å²) in [6, 6.07) is 18.6. The summed E-state index contributed by atoms with van der Waals surface area (Å²) in [5.41, 5.74) is 4.82. The van der Waals surface area contributed by atoms with Gasteiger partial charge in [0.05, 0.1) is 0 Å². The number of anilines is 2. The molecule has 4 rings (SSSR count). The average Bonchev–Trinajstić information content (AvgIpc) is 3.23. The molecule has 0 atom stereocenters. The van der Waals surface area contributed by atoms with E-state index in [4.69, 9.17) is 0 Å². The number of thiophene rings is 1. The van der Waals surface area contributed by atoms with Crippen molar-refractivity contribution in [3.05, 3.63) is 80.5 Å². The van der Waals surface area contributed by atoms with Crippen LogP contribution in [0.15, 0.2) is 64.5 Å². The standard InChI is InChI=1S/C20H17BrN2OS/c21-17-10-12-25-19(17)20(24)22-16-7-5-14(6-8-16)13-23-11-9-15-3-1-2-4-18(15)23/h1-8,10,12H,9,11,13H2,(H,22,24). The van der Waals surface area contributed by atoms with Crippen LogP contribution >= 0.6 is 27.3 Å². The Morgan fingerprint density at radius 1 is 1.12 bits per heavy atom. The minimum Gasteiger partial charge on any atom is -0.367 e. The maximum absolute atomic E-state index is 12.3. The van der Waals surface area contributed by atoms with Gasteiger partial charge >= 0.3 is 0 Å². The lowest BCUT2D eigenvalue weighted by Crippen LogP contribution is -2.19. The zero-order valence-electron chi connectivity index (χ0n) is 13.5. The van der Waals surface area contributed by atoms with Crippen LogP contribution in [0.1, 0.15) is 20.8 Å². The molecular weight excluding hydrogens is 396 g/mol. The number of amides is 1. The van der Waals surface area contributed by atoms with E-state index in [1.54, 1.807) is 0 Å². The molecule has 5 heteroatoms. The van der Waals surface area contributed by atoms with Crippen LogP contribution in [0, 0.1) is 0 Å². The molecule has 0 unspecified atom stereocenters. The summed E-state index contributed by atoms with van der Waals surface area (Å²) in [6.45, 7) is 1.95. The molecule has 126 valence electrons. The van der Waals surface area contributed by atoms with Crippen LogP contribution in [-0.4, -0.2) is 12.5 Å². The van der Waals surface area contributed by atoms with Crippen LogP contribution in [0.2, 0.25) is 0 Å². The van der Waals surface area contributed by atoms with Crippen molar-refractivity contribution in [1.82, 2.24) is 0 Å². The third kappa shape index (κ3) is 3.48. The number of para-hydroxylation sites is 1. The van der Waals surface area contributed by atoms with Crippen molar-refractivity contribution in [2.75, 3.05) is 16.8 Å². The van der Waals surface area contributed by atoms with E-state index in [9.17, 15) is 4.79 Å². The molecule has 2 heterocycles. The molecule has 1 amide bonds. The quantitative estimate of drug-likeness (QED) is 0.628. The van der Waals surface area contributed by atoms with Gasteiger partial charge in [0.15, 0.2) is 0 Å². The molecular formula is C20H17BrN2OS. The summed E-state index contributed by atoms with van der Waals surface area (Å²) >= 11 is 4.83. The summed E-state index contributed by atoms with van der Waals surface area (Å²) in [6.07, 6.45) is 1.11. The van der Waals surface area contributed by atoms with Crippen LogP contribution < -0.4 is 10.2 Å². The van der Waals surface area contributed by atoms with Crippen molar-refractivity contribution in [2.24, 2.45) is 0 Å². The largest absolute Gasteiger partial charge is 0.367 e. The summed E-state index contributed by atoms with van der Waals surface area (Å²) < 4.78 is 0.833. The van der Waals surface area contributed by atoms with E-state index >= 15 is 0 Å². The Morgan fingerprint density at radius 3 is 2.68 bits per heavy atom. The van der Waals surface area contributed by atoms with Gasteiger partial charge < -0.3 is 10.2 Å². The fourth-order valence-corrected chi connectivity index (χ4v) is 4.57. The minimum atomic E-state index is -0.0805. The average molecular weight is 413 g/mol. The number of nitrogens with one attached hydrogen (secondary N) is 1. The molecule has 0 radical (unpaired) electrons. The number of carbonyl (C=O) groups excluding carboxylic acids is 1. The summed E-state index contributed by atoms with van der Waals surface area (Å²) in [5.74, 6) is -0.0805. The number of hydrogen-bond acceptors (Lipinski definition) is 3. The lowest BCUT2D eigenvalue weighted by molar-refractivity contribution is 0.103. The summed E-state index contributed by atoms with van der Waals surface area (Å²) in [4.78, 5) is 15.4. The Morgan fingerprint density at radius 2 is 1.92 bits per heavy atom. The highest BCUT2D eigenvalue weighted by Gasteiger charge is 2.18. The fraction of sp³-hybridized carbons (Fsp3) is 0.150. The van der Waals surface area contributed by atoms with Gasteiger partial charge in [-0.1, -0.05) is 30.3 Å². The molecule has 1 aliphatic heterocycles. The van der Waals surface area contributed by atoms with E-state index in [1.807, 2.05) is 23.6 Å². The Balaban J connectivity index is 1.43. The van der Waals surface area contributed by atoms with Gasteiger partial charge in [-0.15, -0.1) is 11.3 Å². The molecule has 0 fully saturated rings. The minimum absolute atomic E-state index is 0.0805. The predicted molar refractivity (Wildman–Crippen MR) is 108 cm³/mol. The molecule has 1 N–H and O–H groups in total. The van der Waals surface area contributed by atoms with Crippen LogP contribution in [0.25, 0.3) is 0 Å². The van der Waals surface area contributed by atoms with Gasteiger partial charge in [-0.25, -0.2) is 0 Å². The normalized spacial score (nSPS) is 12.9. The lowest BCUT2D eigenvalue weighted by Gasteiger charge is -2.19. The Hall–Kier alpha value is -2.11. The van der Waals surface area contributed by atoms with E-state index < -0.39 is 0 Å². The first-order valence-corrected chi connectivity index (χ1v) is 9.84. The monoisotopic (exact) mass is 412 g/mol. The highest BCUT2D eigenvalue weighted by atomic mass is 79.9. The highest BCUT2D eigenvalue weighted by Crippen LogP contribution is 2.29. The van der Waals surface area contributed by atoms with Crippen molar-refractivity contribution in [3.8, 4) is 0 Å². The van der Waals surface area contributed by atoms with Crippen LogP contribution in [0.5, 0.6) is 0 Å². The second kappa shape index (κ2) is 7.02. The molecule has 0 spiro atoms. The fourth-order valence-electron chi connectivity index (χ4n) is 3.13. The van der Waals surface area contributed by atoms with Crippen LogP contribution in [-0.2, 0) is 13.0 Å². The van der Waals surface area contributed by atoms with Gasteiger partial charge in [0.2, 0.25) is 0 Å². The number of rotatable bonds is 4. The lowest BCUT2D eigenvalue weighted by atomic mass is 10.1. The topological polar surface area (TPSA) is 32.3 Å². The Kier molecular flexibility index (Phi) is 4.59. The van der Waals surface area contributed by atoms with E-state index in [1.165, 1.54) is 28.2 Å². The van der Waals surface area contributed by atoms with E-state index in [2.05, 4.69) is 62.5 Å². The third-order valence-corrected chi connectivity index (χ3v) is 6.23. The number of hydrogen-bond donors (Lipinski definition) is 1. The second-order valence-electron chi connectivity index (χ2n) is 6.05. The van der Waals surface area contributed by atoms with Crippen LogP contribution in [0.4, 0.5) is 11.4 Å². The van der Waals surface area contributed by atoms with Crippen LogP contribution in [0.3, 0.4) is 0 Å². The smallest absolute Gasteiger partial charge is 0.266 e. The molecule has 25 heavy (non-hydrogen) atoms. The Bertz CT molecular complexity index is 904. The molecule has 2 aromatic carbocycles. The summed E-state index contributed by atoms with van der Waals surface area (Å²) in [7, 11) is 0. The SMILES string of the molecule is O=C(Nc1ccc(CN2CCc3ccccc32)cc1)c1sccc1Br. The van der Waals surface area contributed by atoms with Crippen molar-refractivity contribution < 1.29 is 4.79 Å². The molecule has 0 bridgehead atoms. The predicted octanol–water partition coefficient (Wildman–Crippen LogP) is 5.33. The highest BCUT2D eigenvalue weighted by molar-refractivity contribution is 9.10. The van der Waals surface area contributed by atoms with Gasteiger partial charge in [-0.05, 0) is 63.1 Å². The molecule has 1 aromatic heterocycles. The molecule has 0 saturated carbocycles. The zero-order chi connectivity index (χ0) is 17.2. The zero-order valence-corrected chi connectivity index (χ0v) is 15.9.